The van der Waals surface area contributed by atoms with Crippen LogP contribution in [0.1, 0.15) is 5.56 Å². The van der Waals surface area contributed by atoms with E-state index in [-0.39, 0.29) is 5.69 Å². The second-order valence-corrected chi connectivity index (χ2v) is 5.03. The summed E-state index contributed by atoms with van der Waals surface area (Å²) >= 11 is 1.95. The fraction of sp³-hybridized carbons (Fsp3) is 0.0769. The van der Waals surface area contributed by atoms with Gasteiger partial charge in [-0.25, -0.2) is 0 Å². The van der Waals surface area contributed by atoms with Gasteiger partial charge in [0.15, 0.2) is 5.75 Å². The number of nitrogens with zero attached hydrogens (tertiary/aromatic N) is 1. The first-order valence-corrected chi connectivity index (χ1v) is 6.56. The summed E-state index contributed by atoms with van der Waals surface area (Å²) < 4.78 is 6.17. The maximum atomic E-state index is 10.8. The lowest BCUT2D eigenvalue weighted by molar-refractivity contribution is -0.385. The number of ether oxygens (including phenoxy) is 1. The first-order chi connectivity index (χ1) is 9.08. The number of nitro groups is 1. The largest absolute Gasteiger partial charge is 0.486 e. The molecule has 5 nitrogen and oxygen atoms in total. The Morgan fingerprint density at radius 2 is 1.95 bits per heavy atom. The molecule has 2 aromatic carbocycles. The quantitative estimate of drug-likeness (QED) is 0.388. The van der Waals surface area contributed by atoms with Crippen LogP contribution in [0.5, 0.6) is 5.75 Å². The molecule has 0 aliphatic heterocycles. The predicted octanol–water partition coefficient (Wildman–Crippen LogP) is 3.36. The van der Waals surface area contributed by atoms with Crippen LogP contribution in [0, 0.1) is 13.7 Å². The Morgan fingerprint density at radius 1 is 1.26 bits per heavy atom. The zero-order valence-electron chi connectivity index (χ0n) is 9.88. The average Bonchev–Trinajstić information content (AvgIpc) is 2.41. The number of hydrogen-bond donors (Lipinski definition) is 1. The minimum atomic E-state index is -0.461. The second kappa shape index (κ2) is 5.87. The van der Waals surface area contributed by atoms with Crippen LogP contribution in [-0.4, -0.2) is 4.92 Å². The molecule has 2 N–H and O–H groups in total. The van der Waals surface area contributed by atoms with Gasteiger partial charge in [0.1, 0.15) is 6.61 Å². The summed E-state index contributed by atoms with van der Waals surface area (Å²) in [5.74, 6) is 0.336. The van der Waals surface area contributed by atoms with Crippen molar-refractivity contribution >= 4 is 34.0 Å². The number of halogens is 1. The molecule has 0 heterocycles. The Labute approximate surface area is 123 Å². The van der Waals surface area contributed by atoms with E-state index >= 15 is 0 Å². The maximum Gasteiger partial charge on any atom is 0.274 e. The fourth-order valence-electron chi connectivity index (χ4n) is 1.54. The van der Waals surface area contributed by atoms with Crippen LogP contribution in [-0.2, 0) is 6.61 Å². The first kappa shape index (κ1) is 13.6. The first-order valence-electron chi connectivity index (χ1n) is 5.48. The van der Waals surface area contributed by atoms with Gasteiger partial charge in [0, 0.05) is 9.64 Å². The van der Waals surface area contributed by atoms with E-state index in [4.69, 9.17) is 10.5 Å². The number of anilines is 1. The molecule has 19 heavy (non-hydrogen) atoms. The Hall–Kier alpha value is -1.83. The third-order valence-electron chi connectivity index (χ3n) is 2.52. The molecule has 0 unspecified atom stereocenters. The summed E-state index contributed by atoms with van der Waals surface area (Å²) in [5, 5.41) is 10.8. The SMILES string of the molecule is Nc1c(I)cc([N+](=O)[O-])cc1OCc1ccccc1. The highest BCUT2D eigenvalue weighted by Gasteiger charge is 2.14. The van der Waals surface area contributed by atoms with E-state index in [0.29, 0.717) is 21.6 Å². The number of hydrogen-bond acceptors (Lipinski definition) is 4. The fourth-order valence-corrected chi connectivity index (χ4v) is 2.12. The number of benzene rings is 2. The molecule has 0 fully saturated rings. The zero-order valence-corrected chi connectivity index (χ0v) is 12.0. The third-order valence-corrected chi connectivity index (χ3v) is 3.42. The number of non-ortho nitro benzene ring substituents is 1. The van der Waals surface area contributed by atoms with Crippen LogP contribution in [0.2, 0.25) is 0 Å². The van der Waals surface area contributed by atoms with Gasteiger partial charge in [0.2, 0.25) is 0 Å². The highest BCUT2D eigenvalue weighted by Crippen LogP contribution is 2.32. The summed E-state index contributed by atoms with van der Waals surface area (Å²) in [4.78, 5) is 10.3. The van der Waals surface area contributed by atoms with Crippen LogP contribution < -0.4 is 10.5 Å². The predicted molar refractivity (Wildman–Crippen MR) is 81.0 cm³/mol. The van der Waals surface area contributed by atoms with Gasteiger partial charge < -0.3 is 10.5 Å². The topological polar surface area (TPSA) is 78.4 Å². The van der Waals surface area contributed by atoms with Crippen molar-refractivity contribution in [2.75, 3.05) is 5.73 Å². The molecule has 0 saturated carbocycles. The maximum absolute atomic E-state index is 10.8. The van der Waals surface area contributed by atoms with Crippen molar-refractivity contribution in [3.05, 3.63) is 61.7 Å². The van der Waals surface area contributed by atoms with Gasteiger partial charge in [0.25, 0.3) is 5.69 Å². The van der Waals surface area contributed by atoms with Crippen LogP contribution in [0.3, 0.4) is 0 Å². The molecular formula is C13H11IN2O3. The number of nitrogen functional groups attached to an aromatic ring is 1. The highest BCUT2D eigenvalue weighted by atomic mass is 127. The van der Waals surface area contributed by atoms with E-state index < -0.39 is 4.92 Å². The summed E-state index contributed by atoms with van der Waals surface area (Å²) in [7, 11) is 0. The normalized spacial score (nSPS) is 10.2. The van der Waals surface area contributed by atoms with Crippen LogP contribution >= 0.6 is 22.6 Å². The van der Waals surface area contributed by atoms with E-state index in [1.165, 1.54) is 12.1 Å². The van der Waals surface area contributed by atoms with Crippen molar-refractivity contribution in [1.29, 1.82) is 0 Å². The van der Waals surface area contributed by atoms with Gasteiger partial charge in [-0.1, -0.05) is 30.3 Å². The van der Waals surface area contributed by atoms with Crippen molar-refractivity contribution < 1.29 is 9.66 Å². The highest BCUT2D eigenvalue weighted by molar-refractivity contribution is 14.1. The Balaban J connectivity index is 2.22. The molecule has 0 bridgehead atoms. The van der Waals surface area contributed by atoms with Gasteiger partial charge in [-0.3, -0.25) is 10.1 Å². The van der Waals surface area contributed by atoms with Crippen LogP contribution in [0.4, 0.5) is 11.4 Å². The number of nitrogens with two attached hydrogens (primary N) is 1. The molecule has 2 aromatic rings. The summed E-state index contributed by atoms with van der Waals surface area (Å²) in [6, 6.07) is 12.3. The van der Waals surface area contributed by atoms with E-state index in [2.05, 4.69) is 0 Å². The van der Waals surface area contributed by atoms with Gasteiger partial charge >= 0.3 is 0 Å². The molecule has 0 amide bonds. The molecule has 6 heteroatoms. The summed E-state index contributed by atoms with van der Waals surface area (Å²) in [6.45, 7) is 0.322. The Kier molecular flexibility index (Phi) is 4.20. The van der Waals surface area contributed by atoms with Crippen molar-refractivity contribution in [2.45, 2.75) is 6.61 Å². The average molecular weight is 370 g/mol. The van der Waals surface area contributed by atoms with Crippen molar-refractivity contribution in [3.63, 3.8) is 0 Å². The molecule has 0 aliphatic carbocycles. The van der Waals surface area contributed by atoms with Crippen molar-refractivity contribution in [3.8, 4) is 5.75 Å². The van der Waals surface area contributed by atoms with Crippen LogP contribution in [0.25, 0.3) is 0 Å². The third kappa shape index (κ3) is 3.34. The molecule has 0 aliphatic rings. The molecular weight excluding hydrogens is 359 g/mol. The molecule has 2 rings (SSSR count). The molecule has 0 atom stereocenters. The van der Waals surface area contributed by atoms with Gasteiger partial charge in [-0.15, -0.1) is 0 Å². The lowest BCUT2D eigenvalue weighted by atomic mass is 10.2. The number of nitro benzene ring substituents is 1. The van der Waals surface area contributed by atoms with E-state index in [1.54, 1.807) is 0 Å². The number of rotatable bonds is 4. The Morgan fingerprint density at radius 3 is 2.58 bits per heavy atom. The lowest BCUT2D eigenvalue weighted by Crippen LogP contribution is -2.01. The standard InChI is InChI=1S/C13H11IN2O3/c14-11-6-10(16(17)18)7-12(13(11)15)19-8-9-4-2-1-3-5-9/h1-7H,8,15H2. The van der Waals surface area contributed by atoms with Crippen molar-refractivity contribution in [2.24, 2.45) is 0 Å². The van der Waals surface area contributed by atoms with Crippen molar-refractivity contribution in [1.82, 2.24) is 0 Å². The monoisotopic (exact) mass is 370 g/mol. The summed E-state index contributed by atoms with van der Waals surface area (Å²) in [5.41, 5.74) is 7.23. The van der Waals surface area contributed by atoms with Gasteiger partial charge in [-0.05, 0) is 28.2 Å². The molecule has 0 saturated heterocycles. The Bertz CT molecular complexity index is 602. The zero-order chi connectivity index (χ0) is 13.8. The van der Waals surface area contributed by atoms with Crippen LogP contribution in [0.15, 0.2) is 42.5 Å². The molecule has 98 valence electrons. The van der Waals surface area contributed by atoms with Gasteiger partial charge in [0.05, 0.1) is 16.7 Å². The second-order valence-electron chi connectivity index (χ2n) is 3.87. The lowest BCUT2D eigenvalue weighted by Gasteiger charge is -2.10. The molecule has 0 spiro atoms. The minimum absolute atomic E-state index is 0.0262. The summed E-state index contributed by atoms with van der Waals surface area (Å²) in [6.07, 6.45) is 0. The van der Waals surface area contributed by atoms with Gasteiger partial charge in [-0.2, -0.15) is 0 Å². The van der Waals surface area contributed by atoms with E-state index in [0.717, 1.165) is 5.56 Å². The molecule has 0 radical (unpaired) electrons. The smallest absolute Gasteiger partial charge is 0.274 e. The van der Waals surface area contributed by atoms with E-state index in [1.807, 2.05) is 52.9 Å². The molecule has 0 aromatic heterocycles. The van der Waals surface area contributed by atoms with E-state index in [9.17, 15) is 10.1 Å². The minimum Gasteiger partial charge on any atom is -0.486 e.